The van der Waals surface area contributed by atoms with E-state index in [1.807, 2.05) is 30.0 Å². The molecule has 6 heterocycles. The largest absolute Gasteiger partial charge is 0.382 e. The van der Waals surface area contributed by atoms with E-state index in [4.69, 9.17) is 10.7 Å². The molecular weight excluding hydrogens is 570 g/mol. The number of amides is 1. The van der Waals surface area contributed by atoms with Crippen molar-refractivity contribution in [3.05, 3.63) is 78.9 Å². The van der Waals surface area contributed by atoms with Crippen LogP contribution in [-0.2, 0) is 9.84 Å². The molecule has 222 valence electrons. The van der Waals surface area contributed by atoms with E-state index in [1.165, 1.54) is 10.8 Å². The number of rotatable bonds is 7. The molecule has 13 nitrogen and oxygen atoms in total. The number of nitrogens with zero attached hydrogens (tertiary/aromatic N) is 7. The fourth-order valence-electron chi connectivity index (χ4n) is 6.42. The second kappa shape index (κ2) is 10.8. The van der Waals surface area contributed by atoms with E-state index in [0.29, 0.717) is 41.0 Å². The molecule has 4 N–H and O–H groups in total. The Balaban J connectivity index is 1.42. The smallest absolute Gasteiger partial charge is 0.291 e. The van der Waals surface area contributed by atoms with E-state index in [9.17, 15) is 18.4 Å². The van der Waals surface area contributed by atoms with E-state index in [-0.39, 0.29) is 40.4 Å². The van der Waals surface area contributed by atoms with Gasteiger partial charge in [-0.2, -0.15) is 14.7 Å². The zero-order valence-electron chi connectivity index (χ0n) is 23.8. The number of aromatic amines is 1. The van der Waals surface area contributed by atoms with Gasteiger partial charge < -0.3 is 10.6 Å². The number of hydrogen-bond donors (Lipinski definition) is 3. The van der Waals surface area contributed by atoms with Crippen LogP contribution in [-0.4, -0.2) is 72.6 Å². The Bertz CT molecular complexity index is 1900. The van der Waals surface area contributed by atoms with E-state index >= 15 is 0 Å². The number of nitrogens with two attached hydrogens (primary N) is 1. The number of allylic oxidation sites excluding steroid dienone is 5. The number of aromatic nitrogens is 7. The van der Waals surface area contributed by atoms with Crippen molar-refractivity contribution in [3.8, 4) is 11.1 Å². The predicted molar refractivity (Wildman–Crippen MR) is 158 cm³/mol. The second-order valence-electron chi connectivity index (χ2n) is 10.9. The molecule has 2 atom stereocenters. The van der Waals surface area contributed by atoms with Gasteiger partial charge in [0.05, 0.1) is 23.0 Å². The Labute approximate surface area is 248 Å². The third-order valence-electron chi connectivity index (χ3n) is 8.26. The van der Waals surface area contributed by atoms with Gasteiger partial charge in [-0.3, -0.25) is 15.1 Å². The lowest BCUT2D eigenvalue weighted by atomic mass is 9.87. The number of nitrogens with one attached hydrogen (secondary N) is 1. The van der Waals surface area contributed by atoms with Gasteiger partial charge in [-0.1, -0.05) is 24.8 Å². The van der Waals surface area contributed by atoms with Crippen molar-refractivity contribution >= 4 is 32.8 Å². The average Bonchev–Trinajstić information content (AvgIpc) is 3.71. The minimum atomic E-state index is -3.79. The lowest BCUT2D eigenvalue weighted by Gasteiger charge is -2.38. The summed E-state index contributed by atoms with van der Waals surface area (Å²) in [4.78, 5) is 23.9. The first-order chi connectivity index (χ1) is 20.6. The van der Waals surface area contributed by atoms with Crippen LogP contribution >= 0.6 is 0 Å². The lowest BCUT2D eigenvalue weighted by Crippen LogP contribution is -2.46. The highest BCUT2D eigenvalue weighted by atomic mass is 32.2. The third-order valence-corrected chi connectivity index (χ3v) is 9.42. The quantitative estimate of drug-likeness (QED) is 0.163. The van der Waals surface area contributed by atoms with Crippen LogP contribution < -0.4 is 10.5 Å². The van der Waals surface area contributed by atoms with Gasteiger partial charge in [0, 0.05) is 40.6 Å². The second-order valence-corrected chi connectivity index (χ2v) is 12.8. The van der Waals surface area contributed by atoms with Crippen LogP contribution in [0.2, 0.25) is 0 Å². The maximum Gasteiger partial charge on any atom is 0.291 e. The number of H-pyrrole nitrogens is 1. The minimum Gasteiger partial charge on any atom is -0.382 e. The molecule has 2 unspecified atom stereocenters. The average molecular weight is 603 g/mol. The number of pyridine rings is 1. The first-order valence-electron chi connectivity index (χ1n) is 13.9. The van der Waals surface area contributed by atoms with E-state index in [2.05, 4.69) is 26.9 Å². The molecule has 0 spiro atoms. The molecule has 4 aromatic rings. The van der Waals surface area contributed by atoms with Crippen molar-refractivity contribution < 1.29 is 23.1 Å². The molecular formula is C29H32N9O4S+. The van der Waals surface area contributed by atoms with Crippen LogP contribution in [0.15, 0.2) is 66.6 Å². The molecule has 2 fully saturated rings. The molecule has 14 heteroatoms. The summed E-state index contributed by atoms with van der Waals surface area (Å²) in [5, 5.41) is 21.7. The minimum absolute atomic E-state index is 0.0273. The summed E-state index contributed by atoms with van der Waals surface area (Å²) in [5.74, 6) is -0.310. The number of anilines is 1. The maximum atomic E-state index is 13.2. The van der Waals surface area contributed by atoms with Crippen molar-refractivity contribution in [1.29, 1.82) is 0 Å². The fraction of sp³-hybridized carbons (Fsp3) is 0.310. The summed E-state index contributed by atoms with van der Waals surface area (Å²) in [6.07, 6.45) is 15.3. The predicted octanol–water partition coefficient (Wildman–Crippen LogP) is 2.72. The zero-order chi connectivity index (χ0) is 30.5. The highest BCUT2D eigenvalue weighted by molar-refractivity contribution is 7.91. The summed E-state index contributed by atoms with van der Waals surface area (Å²) in [6, 6.07) is 3.40. The van der Waals surface area contributed by atoms with Crippen molar-refractivity contribution in [2.75, 3.05) is 12.0 Å². The number of carbonyl (C=O) groups excluding carboxylic acids is 1. The van der Waals surface area contributed by atoms with E-state index in [0.717, 1.165) is 29.4 Å². The molecule has 43 heavy (non-hydrogen) atoms. The van der Waals surface area contributed by atoms with Crippen LogP contribution in [0.25, 0.3) is 22.3 Å². The van der Waals surface area contributed by atoms with Crippen molar-refractivity contribution in [1.82, 2.24) is 34.7 Å². The molecule has 0 radical (unpaired) electrons. The topological polar surface area (TPSA) is 176 Å². The van der Waals surface area contributed by atoms with E-state index in [1.54, 1.807) is 30.6 Å². The normalized spacial score (nSPS) is 20.7. The van der Waals surface area contributed by atoms with Crippen LogP contribution in [0.4, 0.5) is 5.82 Å². The Morgan fingerprint density at radius 1 is 1.26 bits per heavy atom. The number of sulfone groups is 1. The molecule has 2 bridgehead atoms. The highest BCUT2D eigenvalue weighted by Crippen LogP contribution is 2.45. The summed E-state index contributed by atoms with van der Waals surface area (Å²) in [5.41, 5.74) is 9.80. The van der Waals surface area contributed by atoms with Crippen LogP contribution in [0.5, 0.6) is 0 Å². The van der Waals surface area contributed by atoms with Gasteiger partial charge in [-0.25, -0.2) is 18.4 Å². The molecule has 2 aliphatic rings. The molecule has 1 amide bonds. The van der Waals surface area contributed by atoms with Crippen LogP contribution in [0, 0.1) is 0 Å². The molecule has 0 aromatic carbocycles. The first kappa shape index (κ1) is 28.3. The Hall–Kier alpha value is -4.85. The van der Waals surface area contributed by atoms with Crippen LogP contribution in [0.3, 0.4) is 0 Å². The van der Waals surface area contributed by atoms with Gasteiger partial charge >= 0.3 is 0 Å². The van der Waals surface area contributed by atoms with Crippen molar-refractivity contribution in [2.24, 2.45) is 0 Å². The zero-order valence-corrected chi connectivity index (χ0v) is 24.6. The molecule has 0 saturated carbocycles. The Kier molecular flexibility index (Phi) is 7.08. The molecule has 6 rings (SSSR count). The Morgan fingerprint density at radius 3 is 2.60 bits per heavy atom. The van der Waals surface area contributed by atoms with Gasteiger partial charge in [0.1, 0.15) is 17.0 Å². The van der Waals surface area contributed by atoms with Gasteiger partial charge in [0.25, 0.3) is 11.6 Å². The van der Waals surface area contributed by atoms with Crippen molar-refractivity contribution in [3.63, 3.8) is 0 Å². The van der Waals surface area contributed by atoms with Gasteiger partial charge in [0.15, 0.2) is 15.5 Å². The SMILES string of the molecule is C=CC=CC(=CC)c1ccc(-c2cnn3c(N)c(S(C)(=O)=O)c(C4CC5CCC(C4)N5C(=O)c4ncn[nH]4)nc23)c[n+]1O. The number of carbonyl (C=O) groups is 1. The molecule has 4 aromatic heterocycles. The summed E-state index contributed by atoms with van der Waals surface area (Å²) in [6.45, 7) is 5.56. The fourth-order valence-corrected chi connectivity index (χ4v) is 7.48. The number of fused-ring (bicyclic) bond motifs is 3. The number of hydrogen-bond acceptors (Lipinski definition) is 9. The van der Waals surface area contributed by atoms with Gasteiger partial charge in [-0.15, -0.1) is 0 Å². The number of nitrogen functional groups attached to an aromatic ring is 1. The highest BCUT2D eigenvalue weighted by Gasteiger charge is 2.46. The summed E-state index contributed by atoms with van der Waals surface area (Å²) < 4.78 is 28.5. The summed E-state index contributed by atoms with van der Waals surface area (Å²) >= 11 is 0. The van der Waals surface area contributed by atoms with Gasteiger partial charge in [0.2, 0.25) is 12.0 Å². The maximum absolute atomic E-state index is 13.2. The monoisotopic (exact) mass is 602 g/mol. The standard InChI is InChI=1S/C29H31N9O4S/c1-4-6-7-17(5-2)23-11-8-18(15-36(23)40)22-14-33-38-26(30)25(43(3,41)42)24(34-28(22)38)19-12-20-9-10-21(13-19)37(20)29(39)27-31-16-32-35-27/h4-8,11,14-16,19-21H,1,9-10,12-13H2,2-3H3,(H3-,30,31,32,33,34,35,39,40)/p+1. The van der Waals surface area contributed by atoms with E-state index < -0.39 is 9.84 Å². The lowest BCUT2D eigenvalue weighted by molar-refractivity contribution is -0.905. The first-order valence-corrected chi connectivity index (χ1v) is 15.8. The number of piperidine rings is 1. The molecule has 2 saturated heterocycles. The van der Waals surface area contributed by atoms with Crippen LogP contribution in [0.1, 0.15) is 60.5 Å². The van der Waals surface area contributed by atoms with Crippen molar-refractivity contribution in [2.45, 2.75) is 55.5 Å². The molecule has 2 aliphatic heterocycles. The Morgan fingerprint density at radius 2 is 2.00 bits per heavy atom. The molecule has 0 aliphatic carbocycles. The third kappa shape index (κ3) is 4.86. The summed E-state index contributed by atoms with van der Waals surface area (Å²) in [7, 11) is -3.79. The van der Waals surface area contributed by atoms with Gasteiger partial charge in [-0.05, 0) is 44.7 Å².